The van der Waals surface area contributed by atoms with Gasteiger partial charge in [0.1, 0.15) is 11.6 Å². The molecule has 1 aliphatic carbocycles. The summed E-state index contributed by atoms with van der Waals surface area (Å²) in [6, 6.07) is 7.46. The number of carboxylic acid groups (broad SMARTS) is 1. The van der Waals surface area contributed by atoms with E-state index in [9.17, 15) is 4.79 Å². The van der Waals surface area contributed by atoms with Gasteiger partial charge in [0.2, 0.25) is 0 Å². The fourth-order valence-corrected chi connectivity index (χ4v) is 2.37. The van der Waals surface area contributed by atoms with Crippen LogP contribution < -0.4 is 0 Å². The third kappa shape index (κ3) is 1.74. The Balaban J connectivity index is 2.60. The molecule has 1 aromatic carbocycles. The van der Waals surface area contributed by atoms with Gasteiger partial charge < -0.3 is 5.11 Å². The van der Waals surface area contributed by atoms with E-state index in [-0.39, 0.29) is 5.57 Å². The first-order valence-corrected chi connectivity index (χ1v) is 5.58. The van der Waals surface area contributed by atoms with Crippen molar-refractivity contribution >= 4 is 27.5 Å². The van der Waals surface area contributed by atoms with Gasteiger partial charge in [-0.25, -0.2) is 4.79 Å². The van der Waals surface area contributed by atoms with Crippen LogP contribution in [0.5, 0.6) is 0 Å². The highest BCUT2D eigenvalue weighted by Gasteiger charge is 2.23. The first kappa shape index (κ1) is 10.9. The molecule has 0 aromatic heterocycles. The Kier molecular flexibility index (Phi) is 2.80. The number of hydrogen-bond donors (Lipinski definition) is 1. The third-order valence-electron chi connectivity index (χ3n) is 2.66. The average Bonchev–Trinajstić information content (AvgIpc) is 2.62. The number of rotatable bonds is 1. The summed E-state index contributed by atoms with van der Waals surface area (Å²) in [7, 11) is 0. The molecule has 1 aliphatic rings. The van der Waals surface area contributed by atoms with Crippen molar-refractivity contribution < 1.29 is 9.90 Å². The second-order valence-electron chi connectivity index (χ2n) is 3.57. The summed E-state index contributed by atoms with van der Waals surface area (Å²) >= 11 is 3.37. The Labute approximate surface area is 101 Å². The molecule has 4 heteroatoms. The number of hydrogen-bond acceptors (Lipinski definition) is 2. The molecule has 16 heavy (non-hydrogen) atoms. The van der Waals surface area contributed by atoms with Crippen LogP contribution in [-0.2, 0) is 11.2 Å². The highest BCUT2D eigenvalue weighted by molar-refractivity contribution is 9.10. The van der Waals surface area contributed by atoms with Gasteiger partial charge in [-0.15, -0.1) is 0 Å². The van der Waals surface area contributed by atoms with E-state index < -0.39 is 5.97 Å². The predicted octanol–water partition coefficient (Wildman–Crippen LogP) is 2.76. The molecule has 0 radical (unpaired) electrons. The van der Waals surface area contributed by atoms with E-state index >= 15 is 0 Å². The van der Waals surface area contributed by atoms with Crippen LogP contribution in [-0.4, -0.2) is 11.1 Å². The first-order valence-electron chi connectivity index (χ1n) is 4.79. The van der Waals surface area contributed by atoms with Crippen LogP contribution in [0.4, 0.5) is 0 Å². The number of carbonyl (C=O) groups is 1. The van der Waals surface area contributed by atoms with Crippen LogP contribution in [0, 0.1) is 11.3 Å². The summed E-state index contributed by atoms with van der Waals surface area (Å²) in [5, 5.41) is 17.8. The molecule has 0 heterocycles. The van der Waals surface area contributed by atoms with Crippen LogP contribution in [0.1, 0.15) is 17.5 Å². The van der Waals surface area contributed by atoms with Gasteiger partial charge in [0.05, 0.1) is 0 Å². The van der Waals surface area contributed by atoms with Gasteiger partial charge >= 0.3 is 5.97 Å². The normalized spacial score (nSPS) is 16.5. The van der Waals surface area contributed by atoms with Crippen molar-refractivity contribution in [1.82, 2.24) is 0 Å². The quantitative estimate of drug-likeness (QED) is 0.634. The largest absolute Gasteiger partial charge is 0.477 e. The van der Waals surface area contributed by atoms with Gasteiger partial charge in [-0.2, -0.15) is 5.26 Å². The predicted molar refractivity (Wildman–Crippen MR) is 62.6 cm³/mol. The van der Waals surface area contributed by atoms with E-state index in [1.807, 2.05) is 18.2 Å². The maximum absolute atomic E-state index is 10.9. The first-order chi connectivity index (χ1) is 7.63. The zero-order chi connectivity index (χ0) is 11.7. The second-order valence-corrected chi connectivity index (χ2v) is 4.49. The lowest BCUT2D eigenvalue weighted by Gasteiger charge is -2.02. The Hall–Kier alpha value is -1.60. The van der Waals surface area contributed by atoms with Crippen LogP contribution in [0.2, 0.25) is 0 Å². The standard InChI is InChI=1S/C12H8BrNO2/c13-8-2-4-9-7(5-8)1-3-10(9)11(6-14)12(15)16/h2,4-5H,1,3H2,(H,15,16). The minimum Gasteiger partial charge on any atom is -0.477 e. The Bertz CT molecular complexity index is 540. The molecule has 0 saturated heterocycles. The van der Waals surface area contributed by atoms with Crippen LogP contribution in [0.25, 0.3) is 5.57 Å². The lowest BCUT2D eigenvalue weighted by Crippen LogP contribution is -2.00. The second kappa shape index (κ2) is 4.11. The van der Waals surface area contributed by atoms with Crippen molar-refractivity contribution in [2.45, 2.75) is 12.8 Å². The molecular weight excluding hydrogens is 270 g/mol. The van der Waals surface area contributed by atoms with Gasteiger partial charge in [-0.3, -0.25) is 0 Å². The van der Waals surface area contributed by atoms with E-state index in [0.29, 0.717) is 12.0 Å². The van der Waals surface area contributed by atoms with Crippen LogP contribution in [0.3, 0.4) is 0 Å². The molecule has 0 amide bonds. The average molecular weight is 278 g/mol. The summed E-state index contributed by atoms with van der Waals surface area (Å²) < 4.78 is 0.973. The number of benzene rings is 1. The number of carboxylic acids is 1. The van der Waals surface area contributed by atoms with Gasteiger partial charge in [-0.1, -0.05) is 22.0 Å². The van der Waals surface area contributed by atoms with Crippen molar-refractivity contribution in [3.05, 3.63) is 39.4 Å². The highest BCUT2D eigenvalue weighted by atomic mass is 79.9. The zero-order valence-electron chi connectivity index (χ0n) is 8.33. The SMILES string of the molecule is N#CC(C(=O)O)=C1CCc2cc(Br)ccc21. The Morgan fingerprint density at radius 3 is 2.81 bits per heavy atom. The van der Waals surface area contributed by atoms with Gasteiger partial charge in [0.15, 0.2) is 0 Å². The maximum Gasteiger partial charge on any atom is 0.346 e. The molecule has 0 atom stereocenters. The molecule has 3 nitrogen and oxygen atoms in total. The van der Waals surface area contributed by atoms with E-state index in [1.54, 1.807) is 6.07 Å². The molecule has 0 unspecified atom stereocenters. The van der Waals surface area contributed by atoms with Gasteiger partial charge in [-0.05, 0) is 41.7 Å². The van der Waals surface area contributed by atoms with Gasteiger partial charge in [0.25, 0.3) is 0 Å². The van der Waals surface area contributed by atoms with E-state index in [4.69, 9.17) is 10.4 Å². The smallest absolute Gasteiger partial charge is 0.346 e. The van der Waals surface area contributed by atoms with Crippen molar-refractivity contribution in [2.24, 2.45) is 0 Å². The summed E-state index contributed by atoms with van der Waals surface area (Å²) in [6.45, 7) is 0. The molecule has 0 bridgehead atoms. The lowest BCUT2D eigenvalue weighted by molar-refractivity contribution is -0.132. The number of halogens is 1. The fraction of sp³-hybridized carbons (Fsp3) is 0.167. The molecule has 80 valence electrons. The Morgan fingerprint density at radius 1 is 1.44 bits per heavy atom. The van der Waals surface area contributed by atoms with Crippen LogP contribution in [0.15, 0.2) is 28.2 Å². The van der Waals surface area contributed by atoms with Gasteiger partial charge in [0, 0.05) is 4.47 Å². The zero-order valence-corrected chi connectivity index (χ0v) is 9.91. The maximum atomic E-state index is 10.9. The number of aryl methyl sites for hydroxylation is 1. The summed E-state index contributed by atoms with van der Waals surface area (Å²) in [5.74, 6) is -1.15. The lowest BCUT2D eigenvalue weighted by atomic mass is 10.0. The molecule has 0 aliphatic heterocycles. The van der Waals surface area contributed by atoms with E-state index in [2.05, 4.69) is 15.9 Å². The topological polar surface area (TPSA) is 61.1 Å². The van der Waals surface area contributed by atoms with Crippen molar-refractivity contribution in [3.8, 4) is 6.07 Å². The van der Waals surface area contributed by atoms with Crippen LogP contribution >= 0.6 is 15.9 Å². The summed E-state index contributed by atoms with van der Waals surface area (Å²) in [6.07, 6.45) is 1.42. The number of nitrogens with zero attached hydrogens (tertiary/aromatic N) is 1. The molecule has 1 aromatic rings. The highest BCUT2D eigenvalue weighted by Crippen LogP contribution is 2.35. The number of nitriles is 1. The molecular formula is C12H8BrNO2. The molecule has 0 saturated carbocycles. The minimum atomic E-state index is -1.15. The van der Waals surface area contributed by atoms with Crippen molar-refractivity contribution in [1.29, 1.82) is 5.26 Å². The van der Waals surface area contributed by atoms with Crippen molar-refractivity contribution in [3.63, 3.8) is 0 Å². The molecule has 1 N–H and O–H groups in total. The molecule has 0 spiro atoms. The molecule has 0 fully saturated rings. The minimum absolute atomic E-state index is 0.138. The number of fused-ring (bicyclic) bond motifs is 1. The Morgan fingerprint density at radius 2 is 2.19 bits per heavy atom. The monoisotopic (exact) mass is 277 g/mol. The summed E-state index contributed by atoms with van der Waals surface area (Å²) in [4.78, 5) is 10.9. The fourth-order valence-electron chi connectivity index (χ4n) is 1.96. The van der Waals surface area contributed by atoms with Crippen molar-refractivity contribution in [2.75, 3.05) is 0 Å². The molecule has 2 rings (SSSR count). The van der Waals surface area contributed by atoms with E-state index in [0.717, 1.165) is 22.0 Å². The third-order valence-corrected chi connectivity index (χ3v) is 3.16. The number of aliphatic carboxylic acids is 1. The van der Waals surface area contributed by atoms with E-state index in [1.165, 1.54) is 0 Å². The number of allylic oxidation sites excluding steroid dienone is 1. The summed E-state index contributed by atoms with van der Waals surface area (Å²) in [5.41, 5.74) is 2.50.